The van der Waals surface area contributed by atoms with Crippen LogP contribution in [0.4, 0.5) is 0 Å². The van der Waals surface area contributed by atoms with Crippen LogP contribution in [0.5, 0.6) is 5.75 Å². The molecule has 1 atom stereocenters. The Morgan fingerprint density at radius 1 is 1.36 bits per heavy atom. The van der Waals surface area contributed by atoms with E-state index in [-0.39, 0.29) is 12.5 Å². The summed E-state index contributed by atoms with van der Waals surface area (Å²) in [6.07, 6.45) is 3.09. The summed E-state index contributed by atoms with van der Waals surface area (Å²) in [6.45, 7) is 10.5. The Kier molecular flexibility index (Phi) is 7.79. The van der Waals surface area contributed by atoms with Crippen LogP contribution < -0.4 is 10.1 Å². The lowest BCUT2D eigenvalue weighted by Crippen LogP contribution is -2.34. The number of carbonyl (C=O) groups is 1. The van der Waals surface area contributed by atoms with Crippen molar-refractivity contribution in [3.8, 4) is 5.75 Å². The van der Waals surface area contributed by atoms with E-state index >= 15 is 0 Å². The summed E-state index contributed by atoms with van der Waals surface area (Å²) in [6, 6.07) is 7.72. The Labute approximate surface area is 151 Å². The number of carbonyl (C=O) groups excluding carboxylic acids is 1. The summed E-state index contributed by atoms with van der Waals surface area (Å²) in [7, 11) is 0. The average Bonchev–Trinajstić information content (AvgIpc) is 3.07. The molecule has 1 N–H and O–H groups in total. The first kappa shape index (κ1) is 19.3. The lowest BCUT2D eigenvalue weighted by atomic mass is 10.1. The summed E-state index contributed by atoms with van der Waals surface area (Å²) in [5.74, 6) is 2.14. The Morgan fingerprint density at radius 3 is 2.84 bits per heavy atom. The van der Waals surface area contributed by atoms with Crippen LogP contribution in [-0.2, 0) is 9.53 Å². The first-order valence-corrected chi connectivity index (χ1v) is 9.01. The number of likely N-dealkylation sites (tertiary alicyclic amines) is 1. The Morgan fingerprint density at radius 2 is 2.12 bits per heavy atom. The highest BCUT2D eigenvalue weighted by atomic mass is 16.5. The zero-order valence-electron chi connectivity index (χ0n) is 15.6. The Bertz CT molecular complexity index is 569. The molecular weight excluding hydrogens is 316 g/mol. The molecule has 1 saturated heterocycles. The number of hydrogen-bond acceptors (Lipinski definition) is 4. The standard InChI is InChI=1S/C20H30N2O3/c1-4-17(3)24-12-11-22-10-9-18(14-22)13-21-20(23)15-25-19-7-5-16(2)6-8-19/h4-8,18H,9-15H2,1-3H3,(H,21,23)/b17-4+. The minimum Gasteiger partial charge on any atom is -0.497 e. The first-order chi connectivity index (χ1) is 12.1. The fraction of sp³-hybridized carbons (Fsp3) is 0.550. The van der Waals surface area contributed by atoms with Crippen molar-refractivity contribution in [2.45, 2.75) is 27.2 Å². The van der Waals surface area contributed by atoms with Gasteiger partial charge in [-0.3, -0.25) is 9.69 Å². The highest BCUT2D eigenvalue weighted by molar-refractivity contribution is 5.77. The third kappa shape index (κ3) is 7.18. The SMILES string of the molecule is C/C=C(\C)OCCN1CCC(CNC(=O)COc2ccc(C)cc2)C1. The Hall–Kier alpha value is -2.01. The van der Waals surface area contributed by atoms with Gasteiger partial charge in [0.1, 0.15) is 12.4 Å². The third-order valence-corrected chi connectivity index (χ3v) is 4.49. The predicted octanol–water partition coefficient (Wildman–Crippen LogP) is 2.75. The maximum absolute atomic E-state index is 11.9. The van der Waals surface area contributed by atoms with Gasteiger partial charge in [0.25, 0.3) is 5.91 Å². The number of nitrogens with one attached hydrogen (secondary N) is 1. The van der Waals surface area contributed by atoms with Crippen LogP contribution in [-0.4, -0.2) is 50.2 Å². The van der Waals surface area contributed by atoms with E-state index in [2.05, 4.69) is 10.2 Å². The molecule has 0 saturated carbocycles. The van der Waals surface area contributed by atoms with E-state index in [1.807, 2.05) is 51.1 Å². The van der Waals surface area contributed by atoms with Gasteiger partial charge in [-0.15, -0.1) is 0 Å². The summed E-state index contributed by atoms with van der Waals surface area (Å²) in [5.41, 5.74) is 1.17. The maximum Gasteiger partial charge on any atom is 0.257 e. The molecule has 0 aliphatic carbocycles. The van der Waals surface area contributed by atoms with Gasteiger partial charge in [-0.2, -0.15) is 0 Å². The van der Waals surface area contributed by atoms with Crippen LogP contribution in [0, 0.1) is 12.8 Å². The summed E-state index contributed by atoms with van der Waals surface area (Å²) >= 11 is 0. The molecular formula is C20H30N2O3. The van der Waals surface area contributed by atoms with E-state index < -0.39 is 0 Å². The van der Waals surface area contributed by atoms with Gasteiger partial charge in [0.2, 0.25) is 0 Å². The largest absolute Gasteiger partial charge is 0.497 e. The summed E-state index contributed by atoms with van der Waals surface area (Å²) < 4.78 is 11.1. The quantitative estimate of drug-likeness (QED) is 0.699. The van der Waals surface area contributed by atoms with E-state index in [0.29, 0.717) is 12.5 Å². The molecule has 5 nitrogen and oxygen atoms in total. The number of nitrogens with zero attached hydrogens (tertiary/aromatic N) is 1. The molecule has 1 aromatic carbocycles. The van der Waals surface area contributed by atoms with E-state index in [1.165, 1.54) is 5.56 Å². The zero-order chi connectivity index (χ0) is 18.1. The number of allylic oxidation sites excluding steroid dienone is 2. The molecule has 1 heterocycles. The average molecular weight is 346 g/mol. The van der Waals surface area contributed by atoms with Crippen molar-refractivity contribution in [2.75, 3.05) is 39.4 Å². The van der Waals surface area contributed by atoms with Crippen molar-refractivity contribution in [1.82, 2.24) is 10.2 Å². The van der Waals surface area contributed by atoms with E-state index in [1.54, 1.807) is 0 Å². The molecule has 138 valence electrons. The van der Waals surface area contributed by atoms with Crippen LogP contribution >= 0.6 is 0 Å². The molecule has 0 spiro atoms. The second-order valence-corrected chi connectivity index (χ2v) is 6.61. The van der Waals surface area contributed by atoms with Gasteiger partial charge in [0.15, 0.2) is 6.61 Å². The van der Waals surface area contributed by atoms with Crippen LogP contribution in [0.2, 0.25) is 0 Å². The molecule has 1 fully saturated rings. The van der Waals surface area contributed by atoms with Gasteiger partial charge in [-0.05, 0) is 51.8 Å². The van der Waals surface area contributed by atoms with Gasteiger partial charge >= 0.3 is 0 Å². The van der Waals surface area contributed by atoms with Crippen molar-refractivity contribution in [3.05, 3.63) is 41.7 Å². The van der Waals surface area contributed by atoms with Gasteiger partial charge in [-0.1, -0.05) is 23.8 Å². The molecule has 2 rings (SSSR count). The van der Waals surface area contributed by atoms with Gasteiger partial charge < -0.3 is 14.8 Å². The topological polar surface area (TPSA) is 50.8 Å². The number of aryl methyl sites for hydroxylation is 1. The zero-order valence-corrected chi connectivity index (χ0v) is 15.6. The molecule has 1 aromatic rings. The van der Waals surface area contributed by atoms with E-state index in [4.69, 9.17) is 9.47 Å². The first-order valence-electron chi connectivity index (χ1n) is 9.01. The molecule has 5 heteroatoms. The van der Waals surface area contributed by atoms with Crippen molar-refractivity contribution in [1.29, 1.82) is 0 Å². The van der Waals surface area contributed by atoms with Crippen LogP contribution in [0.1, 0.15) is 25.8 Å². The van der Waals surface area contributed by atoms with Crippen molar-refractivity contribution < 1.29 is 14.3 Å². The smallest absolute Gasteiger partial charge is 0.257 e. The van der Waals surface area contributed by atoms with Crippen LogP contribution in [0.15, 0.2) is 36.1 Å². The van der Waals surface area contributed by atoms with Gasteiger partial charge in [-0.25, -0.2) is 0 Å². The second-order valence-electron chi connectivity index (χ2n) is 6.61. The van der Waals surface area contributed by atoms with Crippen molar-refractivity contribution in [3.63, 3.8) is 0 Å². The minimum absolute atomic E-state index is 0.0638. The molecule has 0 aromatic heterocycles. The number of rotatable bonds is 9. The number of ether oxygens (including phenoxy) is 2. The highest BCUT2D eigenvalue weighted by Gasteiger charge is 2.22. The fourth-order valence-corrected chi connectivity index (χ4v) is 2.79. The maximum atomic E-state index is 11.9. The number of benzene rings is 1. The molecule has 25 heavy (non-hydrogen) atoms. The van der Waals surface area contributed by atoms with Gasteiger partial charge in [0.05, 0.1) is 5.76 Å². The number of hydrogen-bond donors (Lipinski definition) is 1. The summed E-state index contributed by atoms with van der Waals surface area (Å²) in [4.78, 5) is 14.3. The van der Waals surface area contributed by atoms with Crippen LogP contribution in [0.3, 0.4) is 0 Å². The molecule has 1 aliphatic heterocycles. The van der Waals surface area contributed by atoms with Gasteiger partial charge in [0, 0.05) is 19.6 Å². The second kappa shape index (κ2) is 10.1. The molecule has 1 amide bonds. The van der Waals surface area contributed by atoms with Crippen LogP contribution in [0.25, 0.3) is 0 Å². The third-order valence-electron chi connectivity index (χ3n) is 4.49. The monoisotopic (exact) mass is 346 g/mol. The number of amides is 1. The molecule has 0 bridgehead atoms. The van der Waals surface area contributed by atoms with E-state index in [9.17, 15) is 4.79 Å². The molecule has 0 radical (unpaired) electrons. The summed E-state index contributed by atoms with van der Waals surface area (Å²) in [5, 5.41) is 2.98. The van der Waals surface area contributed by atoms with Crippen molar-refractivity contribution >= 4 is 5.91 Å². The fourth-order valence-electron chi connectivity index (χ4n) is 2.79. The molecule has 1 unspecified atom stereocenters. The molecule has 1 aliphatic rings. The lowest BCUT2D eigenvalue weighted by molar-refractivity contribution is -0.123. The lowest BCUT2D eigenvalue weighted by Gasteiger charge is -2.17. The minimum atomic E-state index is -0.0638. The van der Waals surface area contributed by atoms with E-state index in [0.717, 1.165) is 44.2 Å². The Balaban J connectivity index is 1.58. The van der Waals surface area contributed by atoms with Crippen molar-refractivity contribution in [2.24, 2.45) is 5.92 Å². The predicted molar refractivity (Wildman–Crippen MR) is 99.6 cm³/mol. The normalized spacial score (nSPS) is 18.2. The highest BCUT2D eigenvalue weighted by Crippen LogP contribution is 2.15.